The first kappa shape index (κ1) is 11.5. The first-order chi connectivity index (χ1) is 7.74. The second-order valence-corrected chi connectivity index (χ2v) is 4.56. The van der Waals surface area contributed by atoms with Crippen LogP contribution in [0.5, 0.6) is 0 Å². The Bertz CT molecular complexity index is 488. The lowest BCUT2D eigenvalue weighted by atomic mass is 10.00. The molecule has 2 aromatic rings. The van der Waals surface area contributed by atoms with Crippen molar-refractivity contribution in [2.45, 2.75) is 26.2 Å². The van der Waals surface area contributed by atoms with E-state index in [0.29, 0.717) is 0 Å². The van der Waals surface area contributed by atoms with Crippen molar-refractivity contribution in [1.29, 1.82) is 0 Å². The van der Waals surface area contributed by atoms with Crippen LogP contribution < -0.4 is 5.73 Å². The quantitative estimate of drug-likeness (QED) is 0.785. The minimum Gasteiger partial charge on any atom is -0.361 e. The minimum atomic E-state index is 0.757. The number of aromatic nitrogens is 1. The number of H-pyrrole nitrogens is 1. The normalized spacial score (nSPS) is 11.2. The Hall–Kier alpha value is -0.990. The van der Waals surface area contributed by atoms with Crippen molar-refractivity contribution in [3.63, 3.8) is 0 Å². The summed E-state index contributed by atoms with van der Waals surface area (Å²) in [6.45, 7) is 2.84. The number of nitrogens with one attached hydrogen (secondary N) is 1. The van der Waals surface area contributed by atoms with E-state index in [1.807, 2.05) is 12.3 Å². The smallest absolute Gasteiger partial charge is 0.0490 e. The van der Waals surface area contributed by atoms with Crippen molar-refractivity contribution < 1.29 is 0 Å². The van der Waals surface area contributed by atoms with Gasteiger partial charge in [-0.3, -0.25) is 0 Å². The van der Waals surface area contributed by atoms with Crippen LogP contribution in [0.25, 0.3) is 10.9 Å². The van der Waals surface area contributed by atoms with E-state index >= 15 is 0 Å². The van der Waals surface area contributed by atoms with Gasteiger partial charge in [0.05, 0.1) is 0 Å². The largest absolute Gasteiger partial charge is 0.361 e. The Labute approximate surface area is 101 Å². The van der Waals surface area contributed by atoms with E-state index in [2.05, 4.69) is 18.0 Å². The highest BCUT2D eigenvalue weighted by Gasteiger charge is 2.09. The average Bonchev–Trinajstić information content (AvgIpc) is 2.71. The number of nitrogens with two attached hydrogens (primary N) is 1. The molecule has 0 saturated heterocycles. The molecule has 0 amide bonds. The van der Waals surface area contributed by atoms with Crippen molar-refractivity contribution in [2.75, 3.05) is 6.54 Å². The molecule has 0 aliphatic rings. The first-order valence-corrected chi connectivity index (χ1v) is 6.07. The Morgan fingerprint density at radius 3 is 2.94 bits per heavy atom. The predicted octanol–water partition coefficient (Wildman–Crippen LogP) is 3.41. The summed E-state index contributed by atoms with van der Waals surface area (Å²) in [5.41, 5.74) is 9.26. The third kappa shape index (κ3) is 2.08. The molecule has 0 atom stereocenters. The lowest BCUT2D eigenvalue weighted by molar-refractivity contribution is 0.744. The molecule has 16 heavy (non-hydrogen) atoms. The maximum atomic E-state index is 6.22. The van der Waals surface area contributed by atoms with Crippen LogP contribution in [-0.4, -0.2) is 11.5 Å². The number of hydrogen-bond donors (Lipinski definition) is 2. The fourth-order valence-electron chi connectivity index (χ4n) is 2.10. The second-order valence-electron chi connectivity index (χ2n) is 4.15. The van der Waals surface area contributed by atoms with Crippen LogP contribution in [0.3, 0.4) is 0 Å². The number of halogens is 1. The van der Waals surface area contributed by atoms with Gasteiger partial charge in [0.25, 0.3) is 0 Å². The zero-order valence-corrected chi connectivity index (χ0v) is 10.3. The molecule has 0 bridgehead atoms. The first-order valence-electron chi connectivity index (χ1n) is 5.69. The number of fused-ring (bicyclic) bond motifs is 1. The summed E-state index contributed by atoms with van der Waals surface area (Å²) in [7, 11) is 0. The van der Waals surface area contributed by atoms with Crippen LogP contribution in [0, 0.1) is 6.92 Å². The number of hydrogen-bond acceptors (Lipinski definition) is 1. The molecule has 2 rings (SSSR count). The summed E-state index contributed by atoms with van der Waals surface area (Å²) >= 11 is 6.22. The fourth-order valence-corrected chi connectivity index (χ4v) is 2.33. The van der Waals surface area contributed by atoms with Crippen LogP contribution in [0.2, 0.25) is 5.02 Å². The zero-order chi connectivity index (χ0) is 11.5. The highest BCUT2D eigenvalue weighted by Crippen LogP contribution is 2.28. The number of rotatable bonds is 4. The van der Waals surface area contributed by atoms with Gasteiger partial charge in [-0.25, -0.2) is 0 Å². The van der Waals surface area contributed by atoms with Gasteiger partial charge in [0, 0.05) is 22.1 Å². The minimum absolute atomic E-state index is 0.757. The standard InChI is InChI=1S/C13H17ClN2/c1-9-11(4-2-3-6-15)13-10(5-7-16-13)8-12(9)14/h5,7-8,16H,2-4,6,15H2,1H3. The highest BCUT2D eigenvalue weighted by molar-refractivity contribution is 6.32. The molecule has 0 fully saturated rings. The lowest BCUT2D eigenvalue weighted by Crippen LogP contribution is -2.00. The van der Waals surface area contributed by atoms with Crippen molar-refractivity contribution in [2.24, 2.45) is 5.73 Å². The van der Waals surface area contributed by atoms with E-state index in [1.165, 1.54) is 22.0 Å². The third-order valence-corrected chi connectivity index (χ3v) is 3.45. The van der Waals surface area contributed by atoms with Crippen LogP contribution in [-0.2, 0) is 6.42 Å². The van der Waals surface area contributed by atoms with Gasteiger partial charge in [0.2, 0.25) is 0 Å². The Morgan fingerprint density at radius 2 is 2.19 bits per heavy atom. The molecule has 0 aliphatic carbocycles. The molecule has 86 valence electrons. The molecular weight excluding hydrogens is 220 g/mol. The van der Waals surface area contributed by atoms with Gasteiger partial charge in [0.1, 0.15) is 0 Å². The summed E-state index contributed by atoms with van der Waals surface area (Å²) in [6, 6.07) is 4.09. The topological polar surface area (TPSA) is 41.8 Å². The molecule has 0 saturated carbocycles. The number of unbranched alkanes of at least 4 members (excludes halogenated alkanes) is 1. The van der Waals surface area contributed by atoms with Crippen molar-refractivity contribution in [3.05, 3.63) is 34.5 Å². The van der Waals surface area contributed by atoms with Gasteiger partial charge in [-0.1, -0.05) is 11.6 Å². The van der Waals surface area contributed by atoms with Crippen LogP contribution in [0.15, 0.2) is 18.3 Å². The second kappa shape index (κ2) is 4.89. The summed E-state index contributed by atoms with van der Waals surface area (Å²) in [5.74, 6) is 0. The Kier molecular flexibility index (Phi) is 3.52. The van der Waals surface area contributed by atoms with Crippen LogP contribution >= 0.6 is 11.6 Å². The SMILES string of the molecule is Cc1c(Cl)cc2cc[nH]c2c1CCCCN. The summed E-state index contributed by atoms with van der Waals surface area (Å²) in [5, 5.41) is 2.05. The molecule has 3 N–H and O–H groups in total. The van der Waals surface area contributed by atoms with Crippen molar-refractivity contribution in [1.82, 2.24) is 4.98 Å². The van der Waals surface area contributed by atoms with Gasteiger partial charge >= 0.3 is 0 Å². The molecule has 1 aromatic heterocycles. The molecule has 1 aromatic carbocycles. The van der Waals surface area contributed by atoms with E-state index in [1.54, 1.807) is 0 Å². The van der Waals surface area contributed by atoms with E-state index in [4.69, 9.17) is 17.3 Å². The number of aromatic amines is 1. The molecule has 0 unspecified atom stereocenters. The monoisotopic (exact) mass is 236 g/mol. The van der Waals surface area contributed by atoms with E-state index in [9.17, 15) is 0 Å². The van der Waals surface area contributed by atoms with Gasteiger partial charge in [-0.15, -0.1) is 0 Å². The zero-order valence-electron chi connectivity index (χ0n) is 9.52. The molecule has 0 spiro atoms. The predicted molar refractivity (Wildman–Crippen MR) is 70.0 cm³/mol. The van der Waals surface area contributed by atoms with Gasteiger partial charge in [-0.2, -0.15) is 0 Å². The molecule has 0 aliphatic heterocycles. The number of aryl methyl sites for hydroxylation is 1. The van der Waals surface area contributed by atoms with Gasteiger partial charge in [0.15, 0.2) is 0 Å². The molecule has 0 radical (unpaired) electrons. The van der Waals surface area contributed by atoms with E-state index in [-0.39, 0.29) is 0 Å². The average molecular weight is 237 g/mol. The maximum absolute atomic E-state index is 6.22. The van der Waals surface area contributed by atoms with Gasteiger partial charge in [-0.05, 0) is 56.0 Å². The molecule has 1 heterocycles. The molecule has 3 heteroatoms. The molecule has 2 nitrogen and oxygen atoms in total. The highest BCUT2D eigenvalue weighted by atomic mass is 35.5. The maximum Gasteiger partial charge on any atom is 0.0490 e. The van der Waals surface area contributed by atoms with Crippen molar-refractivity contribution >= 4 is 22.5 Å². The van der Waals surface area contributed by atoms with E-state index < -0.39 is 0 Å². The Morgan fingerprint density at radius 1 is 1.38 bits per heavy atom. The van der Waals surface area contributed by atoms with Gasteiger partial charge < -0.3 is 10.7 Å². The summed E-state index contributed by atoms with van der Waals surface area (Å²) in [6.07, 6.45) is 5.19. The van der Waals surface area contributed by atoms with Crippen molar-refractivity contribution in [3.8, 4) is 0 Å². The summed E-state index contributed by atoms with van der Waals surface area (Å²) in [4.78, 5) is 3.29. The van der Waals surface area contributed by atoms with Crippen LogP contribution in [0.1, 0.15) is 24.0 Å². The fraction of sp³-hybridized carbons (Fsp3) is 0.385. The summed E-state index contributed by atoms with van der Waals surface area (Å²) < 4.78 is 0. The third-order valence-electron chi connectivity index (χ3n) is 3.06. The molecular formula is C13H17ClN2. The van der Waals surface area contributed by atoms with E-state index in [0.717, 1.165) is 30.8 Å². The number of benzene rings is 1. The lowest BCUT2D eigenvalue weighted by Gasteiger charge is -2.09. The Balaban J connectivity index is 2.39. The van der Waals surface area contributed by atoms with Crippen LogP contribution in [0.4, 0.5) is 0 Å².